The van der Waals surface area contributed by atoms with Crippen molar-refractivity contribution in [3.63, 3.8) is 0 Å². The molecule has 2 N–H and O–H groups in total. The maximum atomic E-state index is 11.9. The molecule has 1 rings (SSSR count). The van der Waals surface area contributed by atoms with Crippen LogP contribution < -0.4 is 10.0 Å². The molecule has 17 heavy (non-hydrogen) atoms. The largest absolute Gasteiger partial charge is 0.362 e. The van der Waals surface area contributed by atoms with E-state index < -0.39 is 10.0 Å². The minimum Gasteiger partial charge on any atom is -0.362 e. The van der Waals surface area contributed by atoms with E-state index in [1.807, 2.05) is 13.8 Å². The molecule has 1 aromatic carbocycles. The van der Waals surface area contributed by atoms with E-state index in [1.54, 1.807) is 24.3 Å². The van der Waals surface area contributed by atoms with Crippen molar-refractivity contribution < 1.29 is 8.42 Å². The average molecular weight is 272 g/mol. The lowest BCUT2D eigenvalue weighted by atomic mass is 10.2. The Kier molecular flexibility index (Phi) is 4.89. The van der Waals surface area contributed by atoms with Gasteiger partial charge in [-0.15, -0.1) is 0 Å². The van der Waals surface area contributed by atoms with Gasteiger partial charge in [-0.05, 0) is 37.7 Å². The van der Waals surface area contributed by atoms with Gasteiger partial charge in [0.25, 0.3) is 10.0 Å². The monoisotopic (exact) mass is 272 g/mol. The van der Waals surface area contributed by atoms with Gasteiger partial charge in [-0.3, -0.25) is 4.72 Å². The van der Waals surface area contributed by atoms with E-state index in [2.05, 4.69) is 10.0 Å². The van der Waals surface area contributed by atoms with Crippen LogP contribution in [0.1, 0.15) is 18.9 Å². The highest BCUT2D eigenvalue weighted by molar-refractivity contribution is 7.91. The van der Waals surface area contributed by atoms with Crippen LogP contribution in [-0.2, 0) is 10.0 Å². The first-order valence-electron chi connectivity index (χ1n) is 5.33. The summed E-state index contributed by atoms with van der Waals surface area (Å²) in [6.45, 7) is 4.52. The highest BCUT2D eigenvalue weighted by Gasteiger charge is 2.14. The molecule has 94 valence electrons. The third kappa shape index (κ3) is 4.32. The zero-order valence-electron chi connectivity index (χ0n) is 9.86. The second kappa shape index (κ2) is 5.97. The predicted molar refractivity (Wildman–Crippen MR) is 72.4 cm³/mol. The minimum absolute atomic E-state index is 0.132. The van der Waals surface area contributed by atoms with Crippen molar-refractivity contribution in [3.05, 3.63) is 29.8 Å². The van der Waals surface area contributed by atoms with Crippen molar-refractivity contribution in [2.75, 3.05) is 6.54 Å². The fourth-order valence-corrected chi connectivity index (χ4v) is 2.53. The van der Waals surface area contributed by atoms with Gasteiger partial charge >= 0.3 is 0 Å². The molecule has 0 aliphatic carbocycles. The molecule has 0 spiro atoms. The van der Waals surface area contributed by atoms with Crippen LogP contribution in [-0.4, -0.2) is 20.1 Å². The summed E-state index contributed by atoms with van der Waals surface area (Å²) in [7, 11) is -3.56. The van der Waals surface area contributed by atoms with E-state index >= 15 is 0 Å². The molecule has 1 aromatic rings. The minimum atomic E-state index is -3.56. The van der Waals surface area contributed by atoms with Gasteiger partial charge in [-0.25, -0.2) is 8.42 Å². The first kappa shape index (κ1) is 13.9. The highest BCUT2D eigenvalue weighted by Crippen LogP contribution is 2.09. The Morgan fingerprint density at radius 2 is 1.88 bits per heavy atom. The SMILES string of the molecule is CCCNC(=S)NS(=O)(=O)c1ccc(C)cc1. The standard InChI is InChI=1S/C11H16N2O2S2/c1-3-8-12-11(16)13-17(14,15)10-6-4-9(2)5-7-10/h4-7H,3,8H2,1-2H3,(H2,12,13,16). The summed E-state index contributed by atoms with van der Waals surface area (Å²) in [5.74, 6) is 0. The first-order valence-corrected chi connectivity index (χ1v) is 7.22. The fourth-order valence-electron chi connectivity index (χ4n) is 1.17. The predicted octanol–water partition coefficient (Wildman–Crippen LogP) is 1.56. The molecule has 0 aromatic heterocycles. The van der Waals surface area contributed by atoms with Gasteiger partial charge < -0.3 is 5.32 Å². The zero-order valence-corrected chi connectivity index (χ0v) is 11.5. The van der Waals surface area contributed by atoms with Gasteiger partial charge in [-0.2, -0.15) is 0 Å². The van der Waals surface area contributed by atoms with Crippen LogP contribution in [0.3, 0.4) is 0 Å². The van der Waals surface area contributed by atoms with E-state index in [4.69, 9.17) is 12.2 Å². The lowest BCUT2D eigenvalue weighted by molar-refractivity contribution is 0.592. The Bertz CT molecular complexity index is 481. The van der Waals surface area contributed by atoms with Crippen molar-refractivity contribution >= 4 is 27.4 Å². The summed E-state index contributed by atoms with van der Waals surface area (Å²) in [6.07, 6.45) is 0.881. The summed E-state index contributed by atoms with van der Waals surface area (Å²) in [6, 6.07) is 6.61. The molecule has 0 fully saturated rings. The molecule has 0 aliphatic heterocycles. The third-order valence-electron chi connectivity index (χ3n) is 2.09. The molecule has 6 heteroatoms. The quantitative estimate of drug-likeness (QED) is 0.817. The van der Waals surface area contributed by atoms with Gasteiger partial charge in [0.1, 0.15) is 0 Å². The number of thiocarbonyl (C=S) groups is 1. The van der Waals surface area contributed by atoms with E-state index in [9.17, 15) is 8.42 Å². The van der Waals surface area contributed by atoms with Crippen LogP contribution >= 0.6 is 12.2 Å². The molecule has 0 atom stereocenters. The molecule has 0 bridgehead atoms. The Balaban J connectivity index is 2.75. The summed E-state index contributed by atoms with van der Waals surface area (Å²) in [5.41, 5.74) is 1.01. The van der Waals surface area contributed by atoms with Crippen molar-refractivity contribution in [1.29, 1.82) is 0 Å². The number of benzene rings is 1. The number of rotatable bonds is 4. The van der Waals surface area contributed by atoms with Crippen molar-refractivity contribution in [2.45, 2.75) is 25.2 Å². The van der Waals surface area contributed by atoms with Crippen LogP contribution in [0.4, 0.5) is 0 Å². The van der Waals surface area contributed by atoms with E-state index in [1.165, 1.54) is 0 Å². The Hall–Kier alpha value is -1.14. The number of hydrogen-bond acceptors (Lipinski definition) is 3. The van der Waals surface area contributed by atoms with Crippen molar-refractivity contribution in [1.82, 2.24) is 10.0 Å². The second-order valence-electron chi connectivity index (χ2n) is 3.67. The topological polar surface area (TPSA) is 58.2 Å². The van der Waals surface area contributed by atoms with Gasteiger partial charge in [-0.1, -0.05) is 24.6 Å². The lowest BCUT2D eigenvalue weighted by Crippen LogP contribution is -2.39. The maximum absolute atomic E-state index is 11.9. The summed E-state index contributed by atoms with van der Waals surface area (Å²) in [4.78, 5) is 0.212. The summed E-state index contributed by atoms with van der Waals surface area (Å²) >= 11 is 4.89. The number of hydrogen-bond donors (Lipinski definition) is 2. The number of aryl methyl sites for hydroxylation is 1. The van der Waals surface area contributed by atoms with E-state index in [-0.39, 0.29) is 10.0 Å². The van der Waals surface area contributed by atoms with Crippen molar-refractivity contribution in [2.24, 2.45) is 0 Å². The van der Waals surface area contributed by atoms with Gasteiger partial charge in [0.2, 0.25) is 0 Å². The normalized spacial score (nSPS) is 10.9. The Labute approximate surface area is 107 Å². The maximum Gasteiger partial charge on any atom is 0.263 e. The zero-order chi connectivity index (χ0) is 12.9. The van der Waals surface area contributed by atoms with Gasteiger partial charge in [0, 0.05) is 6.54 Å². The third-order valence-corrected chi connectivity index (χ3v) is 3.84. The average Bonchev–Trinajstić information content (AvgIpc) is 2.26. The fraction of sp³-hybridized carbons (Fsp3) is 0.364. The van der Waals surface area contributed by atoms with E-state index in [0.29, 0.717) is 6.54 Å². The Morgan fingerprint density at radius 3 is 2.41 bits per heavy atom. The molecule has 0 aliphatic rings. The molecule has 4 nitrogen and oxygen atoms in total. The molecule has 0 saturated heterocycles. The van der Waals surface area contributed by atoms with E-state index in [0.717, 1.165) is 12.0 Å². The van der Waals surface area contributed by atoms with Crippen LogP contribution in [0.5, 0.6) is 0 Å². The molecular formula is C11H16N2O2S2. The van der Waals surface area contributed by atoms with Crippen LogP contribution in [0.2, 0.25) is 0 Å². The number of nitrogens with one attached hydrogen (secondary N) is 2. The smallest absolute Gasteiger partial charge is 0.263 e. The lowest BCUT2D eigenvalue weighted by Gasteiger charge is -2.10. The Morgan fingerprint density at radius 1 is 1.29 bits per heavy atom. The van der Waals surface area contributed by atoms with Crippen molar-refractivity contribution in [3.8, 4) is 0 Å². The molecule has 0 unspecified atom stereocenters. The summed E-state index contributed by atoms with van der Waals surface area (Å²) < 4.78 is 26.1. The van der Waals surface area contributed by atoms with Crippen LogP contribution in [0, 0.1) is 6.92 Å². The molecular weight excluding hydrogens is 256 g/mol. The highest BCUT2D eigenvalue weighted by atomic mass is 32.2. The van der Waals surface area contributed by atoms with Gasteiger partial charge in [0.05, 0.1) is 4.90 Å². The first-order chi connectivity index (χ1) is 7.95. The van der Waals surface area contributed by atoms with Crippen LogP contribution in [0.15, 0.2) is 29.2 Å². The second-order valence-corrected chi connectivity index (χ2v) is 5.77. The molecule has 0 saturated carbocycles. The summed E-state index contributed by atoms with van der Waals surface area (Å²) in [5, 5.41) is 2.94. The number of sulfonamides is 1. The van der Waals surface area contributed by atoms with Crippen LogP contribution in [0.25, 0.3) is 0 Å². The molecule has 0 heterocycles. The van der Waals surface area contributed by atoms with Gasteiger partial charge in [0.15, 0.2) is 5.11 Å². The molecule has 0 radical (unpaired) electrons. The molecule has 0 amide bonds.